The zero-order chi connectivity index (χ0) is 14.8. The summed E-state index contributed by atoms with van der Waals surface area (Å²) in [5.41, 5.74) is 3.40. The van der Waals surface area contributed by atoms with Gasteiger partial charge >= 0.3 is 0 Å². The normalized spacial score (nSPS) is 10.7. The highest BCUT2D eigenvalue weighted by atomic mass is 16.2. The summed E-state index contributed by atoms with van der Waals surface area (Å²) in [5, 5.41) is 4.00. The van der Waals surface area contributed by atoms with Gasteiger partial charge in [-0.05, 0) is 18.2 Å². The Balaban J connectivity index is 1.90. The van der Waals surface area contributed by atoms with Gasteiger partial charge in [0.15, 0.2) is 0 Å². The summed E-state index contributed by atoms with van der Waals surface area (Å²) in [7, 11) is 0. The molecular formula is C13H12N6O2. The number of carbonyl (C=O) groups excluding carboxylic acids is 1. The summed E-state index contributed by atoms with van der Waals surface area (Å²) in [4.78, 5) is 27.7. The number of nitrogens with zero attached hydrogens (tertiary/aromatic N) is 4. The van der Waals surface area contributed by atoms with E-state index in [1.165, 1.54) is 15.3 Å². The second-order valence-corrected chi connectivity index (χ2v) is 4.40. The van der Waals surface area contributed by atoms with E-state index < -0.39 is 5.91 Å². The maximum absolute atomic E-state index is 12.2. The van der Waals surface area contributed by atoms with Gasteiger partial charge in [-0.15, -0.1) is 0 Å². The number of rotatable bonds is 3. The number of nitrogens with two attached hydrogens (primary N) is 1. The molecule has 3 rings (SSSR count). The Morgan fingerprint density at radius 1 is 1.29 bits per heavy atom. The summed E-state index contributed by atoms with van der Waals surface area (Å²) < 4.78 is 3.04. The highest BCUT2D eigenvalue weighted by Crippen LogP contribution is 2.02. The Morgan fingerprint density at radius 3 is 2.86 bits per heavy atom. The minimum absolute atomic E-state index is 0.152. The monoisotopic (exact) mass is 284 g/mol. The van der Waals surface area contributed by atoms with Crippen LogP contribution in [0, 0.1) is 0 Å². The number of hydrogen-bond acceptors (Lipinski definition) is 5. The maximum atomic E-state index is 12.2. The molecule has 0 radical (unpaired) electrons. The molecule has 0 aliphatic rings. The molecule has 8 heteroatoms. The van der Waals surface area contributed by atoms with Crippen molar-refractivity contribution >= 4 is 11.4 Å². The van der Waals surface area contributed by atoms with E-state index in [1.807, 2.05) is 5.43 Å². The van der Waals surface area contributed by atoms with Gasteiger partial charge in [0.25, 0.3) is 11.5 Å². The average Bonchev–Trinajstić information content (AvgIpc) is 2.99. The van der Waals surface area contributed by atoms with Gasteiger partial charge in [-0.2, -0.15) is 5.10 Å². The largest absolute Gasteiger partial charge is 0.306 e. The SMILES string of the molecule is NNC(=O)c1ccc(Cn2ccn3nccc3c2=O)nc1. The lowest BCUT2D eigenvalue weighted by atomic mass is 10.2. The van der Waals surface area contributed by atoms with E-state index in [2.05, 4.69) is 10.1 Å². The number of fused-ring (bicyclic) bond motifs is 1. The van der Waals surface area contributed by atoms with Gasteiger partial charge in [-0.25, -0.2) is 10.4 Å². The van der Waals surface area contributed by atoms with Crippen molar-refractivity contribution in [3.8, 4) is 0 Å². The first kappa shape index (κ1) is 13.0. The molecule has 0 aliphatic heterocycles. The molecule has 8 nitrogen and oxygen atoms in total. The van der Waals surface area contributed by atoms with Crippen LogP contribution in [0.5, 0.6) is 0 Å². The molecule has 0 unspecified atom stereocenters. The fourth-order valence-electron chi connectivity index (χ4n) is 2.00. The van der Waals surface area contributed by atoms with Crippen LogP contribution in [0.2, 0.25) is 0 Å². The molecule has 0 fully saturated rings. The van der Waals surface area contributed by atoms with Crippen LogP contribution in [0.15, 0.2) is 47.8 Å². The van der Waals surface area contributed by atoms with Crippen LogP contribution in [0.4, 0.5) is 0 Å². The van der Waals surface area contributed by atoms with Crippen LogP contribution in [0.25, 0.3) is 5.52 Å². The number of carbonyl (C=O) groups is 1. The van der Waals surface area contributed by atoms with E-state index in [0.29, 0.717) is 23.3 Å². The molecule has 3 aromatic heterocycles. The van der Waals surface area contributed by atoms with Gasteiger partial charge in [0.05, 0.1) is 24.0 Å². The first-order chi connectivity index (χ1) is 10.2. The van der Waals surface area contributed by atoms with Crippen molar-refractivity contribution < 1.29 is 4.79 Å². The number of hydrazine groups is 1. The highest BCUT2D eigenvalue weighted by molar-refractivity contribution is 5.93. The number of amides is 1. The number of hydrogen-bond donors (Lipinski definition) is 2. The third-order valence-corrected chi connectivity index (χ3v) is 3.09. The third-order valence-electron chi connectivity index (χ3n) is 3.09. The summed E-state index contributed by atoms with van der Waals surface area (Å²) in [6.07, 6.45) is 6.33. The Bertz CT molecular complexity index is 849. The average molecular weight is 284 g/mol. The number of nitrogens with one attached hydrogen (secondary N) is 1. The molecule has 0 aromatic carbocycles. The van der Waals surface area contributed by atoms with Gasteiger partial charge in [0.1, 0.15) is 5.52 Å². The summed E-state index contributed by atoms with van der Waals surface area (Å²) in [6, 6.07) is 4.94. The van der Waals surface area contributed by atoms with E-state index in [1.54, 1.807) is 36.8 Å². The minimum Gasteiger partial charge on any atom is -0.306 e. The number of nitrogen functional groups attached to an aromatic ring is 1. The number of aromatic nitrogens is 4. The molecule has 3 aromatic rings. The van der Waals surface area contributed by atoms with Crippen LogP contribution in [-0.4, -0.2) is 25.1 Å². The molecule has 0 spiro atoms. The van der Waals surface area contributed by atoms with Gasteiger partial charge in [0.2, 0.25) is 0 Å². The Hall–Kier alpha value is -3.00. The first-order valence-electron chi connectivity index (χ1n) is 6.18. The van der Waals surface area contributed by atoms with Crippen molar-refractivity contribution in [1.29, 1.82) is 0 Å². The Kier molecular flexibility index (Phi) is 3.20. The third kappa shape index (κ3) is 2.39. The van der Waals surface area contributed by atoms with Crippen molar-refractivity contribution in [2.75, 3.05) is 0 Å². The van der Waals surface area contributed by atoms with E-state index in [-0.39, 0.29) is 5.56 Å². The van der Waals surface area contributed by atoms with Crippen LogP contribution in [0.3, 0.4) is 0 Å². The molecule has 1 amide bonds. The Morgan fingerprint density at radius 2 is 2.14 bits per heavy atom. The van der Waals surface area contributed by atoms with Crippen molar-refractivity contribution in [2.45, 2.75) is 6.54 Å². The highest BCUT2D eigenvalue weighted by Gasteiger charge is 2.06. The van der Waals surface area contributed by atoms with Gasteiger partial charge in [-0.3, -0.25) is 20.0 Å². The fourth-order valence-corrected chi connectivity index (χ4v) is 2.00. The molecule has 3 heterocycles. The smallest absolute Gasteiger partial charge is 0.276 e. The number of pyridine rings is 1. The molecule has 0 aliphatic carbocycles. The molecule has 0 saturated heterocycles. The maximum Gasteiger partial charge on any atom is 0.276 e. The predicted molar refractivity (Wildman–Crippen MR) is 74.4 cm³/mol. The van der Waals surface area contributed by atoms with E-state index >= 15 is 0 Å². The lowest BCUT2D eigenvalue weighted by Crippen LogP contribution is -2.30. The molecule has 0 atom stereocenters. The van der Waals surface area contributed by atoms with E-state index in [0.717, 1.165) is 0 Å². The van der Waals surface area contributed by atoms with Gasteiger partial charge in [0, 0.05) is 18.6 Å². The van der Waals surface area contributed by atoms with Crippen LogP contribution in [0.1, 0.15) is 16.1 Å². The molecule has 106 valence electrons. The second kappa shape index (κ2) is 5.17. The van der Waals surface area contributed by atoms with Crippen LogP contribution in [-0.2, 0) is 6.54 Å². The lowest BCUT2D eigenvalue weighted by Gasteiger charge is -2.06. The minimum atomic E-state index is -0.410. The van der Waals surface area contributed by atoms with E-state index in [9.17, 15) is 9.59 Å². The Labute approximate surface area is 118 Å². The lowest BCUT2D eigenvalue weighted by molar-refractivity contribution is 0.0953. The van der Waals surface area contributed by atoms with Crippen molar-refractivity contribution in [3.63, 3.8) is 0 Å². The molecule has 3 N–H and O–H groups in total. The second-order valence-electron chi connectivity index (χ2n) is 4.40. The standard InChI is InChI=1S/C13H12N6O2/c14-17-12(20)9-1-2-10(15-7-9)8-18-5-6-19-11(13(18)21)3-4-16-19/h1-7H,8,14H2,(H,17,20). The predicted octanol–water partition coefficient (Wildman–Crippen LogP) is -0.457. The van der Waals surface area contributed by atoms with Crippen molar-refractivity contribution in [1.82, 2.24) is 24.6 Å². The molecular weight excluding hydrogens is 272 g/mol. The van der Waals surface area contributed by atoms with E-state index in [4.69, 9.17) is 5.84 Å². The van der Waals surface area contributed by atoms with Crippen LogP contribution >= 0.6 is 0 Å². The zero-order valence-corrected chi connectivity index (χ0v) is 10.9. The fraction of sp³-hybridized carbons (Fsp3) is 0.0769. The zero-order valence-electron chi connectivity index (χ0n) is 10.9. The molecule has 0 saturated carbocycles. The summed E-state index contributed by atoms with van der Waals surface area (Å²) in [5.74, 6) is 4.64. The topological polar surface area (TPSA) is 107 Å². The van der Waals surface area contributed by atoms with Crippen molar-refractivity contribution in [3.05, 3.63) is 64.6 Å². The van der Waals surface area contributed by atoms with Gasteiger partial charge < -0.3 is 4.57 Å². The summed E-state index contributed by atoms with van der Waals surface area (Å²) >= 11 is 0. The summed E-state index contributed by atoms with van der Waals surface area (Å²) in [6.45, 7) is 0.311. The van der Waals surface area contributed by atoms with Crippen molar-refractivity contribution in [2.24, 2.45) is 5.84 Å². The van der Waals surface area contributed by atoms with Crippen LogP contribution < -0.4 is 16.8 Å². The first-order valence-corrected chi connectivity index (χ1v) is 6.18. The van der Waals surface area contributed by atoms with Gasteiger partial charge in [-0.1, -0.05) is 0 Å². The molecule has 0 bridgehead atoms. The molecule has 21 heavy (non-hydrogen) atoms. The quantitative estimate of drug-likeness (QED) is 0.384.